The molecule has 0 spiro atoms. The molecule has 19 heteroatoms. The van der Waals surface area contributed by atoms with Gasteiger partial charge in [0.15, 0.2) is 0 Å². The van der Waals surface area contributed by atoms with Gasteiger partial charge in [0.25, 0.3) is 11.8 Å². The van der Waals surface area contributed by atoms with Gasteiger partial charge in [-0.3, -0.25) is 19.2 Å². The van der Waals surface area contributed by atoms with Gasteiger partial charge in [0.1, 0.15) is 28.5 Å². The van der Waals surface area contributed by atoms with Crippen LogP contribution in [0.4, 0.5) is 8.78 Å². The van der Waals surface area contributed by atoms with Crippen molar-refractivity contribution in [1.29, 1.82) is 0 Å². The first-order chi connectivity index (χ1) is 24.2. The van der Waals surface area contributed by atoms with Gasteiger partial charge >= 0.3 is 46.2 Å². The molecular formula is C36H62Br3CuF2N2O11. The predicted octanol–water partition coefficient (Wildman–Crippen LogP) is 5.43. The molecule has 328 valence electrons. The monoisotopic (exact) mass is 1040 g/mol. The molecule has 0 aliphatic carbocycles. The number of ether oxygens (including phenoxy) is 3. The van der Waals surface area contributed by atoms with Gasteiger partial charge < -0.3 is 40.2 Å². The average Bonchev–Trinajstić information content (AvgIpc) is 3.08. The summed E-state index contributed by atoms with van der Waals surface area (Å²) in [5.74, 6) is -4.37. The fraction of sp³-hybridized carbons (Fsp3) is 0.694. The Morgan fingerprint density at radius 2 is 0.927 bits per heavy atom. The van der Waals surface area contributed by atoms with Crippen LogP contribution in [0.1, 0.15) is 76.2 Å². The van der Waals surface area contributed by atoms with Crippen LogP contribution in [0, 0.1) is 10.8 Å². The van der Waals surface area contributed by atoms with Crippen LogP contribution in [-0.4, -0.2) is 119 Å². The number of hydrogen-bond acceptors (Lipinski definition) is 11. The van der Waals surface area contributed by atoms with E-state index in [1.807, 2.05) is 0 Å². The molecule has 55 heavy (non-hydrogen) atoms. The van der Waals surface area contributed by atoms with E-state index in [2.05, 4.69) is 95.3 Å². The van der Waals surface area contributed by atoms with Gasteiger partial charge in [-0.15, -0.1) is 0 Å². The van der Waals surface area contributed by atoms with Crippen LogP contribution >= 0.6 is 46.0 Å². The summed E-state index contributed by atoms with van der Waals surface area (Å²) in [4.78, 5) is 59.5. The predicted molar refractivity (Wildman–Crippen MR) is 217 cm³/mol. The Bertz CT molecular complexity index is 1180. The molecule has 0 fully saturated rings. The first kappa shape index (κ1) is 62.5. The summed E-state index contributed by atoms with van der Waals surface area (Å²) in [6.45, 7) is 21.2. The second kappa shape index (κ2) is 30.4. The molecule has 0 aromatic rings. The summed E-state index contributed by atoms with van der Waals surface area (Å²) in [7, 11) is 0. The van der Waals surface area contributed by atoms with Gasteiger partial charge in [0.05, 0.1) is 19.8 Å². The Labute approximate surface area is 358 Å². The zero-order chi connectivity index (χ0) is 42.4. The van der Waals surface area contributed by atoms with Crippen LogP contribution < -0.4 is 10.6 Å². The van der Waals surface area contributed by atoms with Crippen molar-refractivity contribution in [3.05, 3.63) is 36.5 Å². The topological polar surface area (TPSA) is 198 Å². The fourth-order valence-electron chi connectivity index (χ4n) is 4.22. The molecule has 0 aliphatic heterocycles. The fourth-order valence-corrected chi connectivity index (χ4v) is 5.85. The van der Waals surface area contributed by atoms with Crippen LogP contribution in [0.5, 0.6) is 0 Å². The number of esters is 3. The van der Waals surface area contributed by atoms with Crippen LogP contribution in [0.25, 0.3) is 0 Å². The molecule has 0 bridgehead atoms. The number of amides is 2. The number of carbonyl (C=O) groups is 5. The first-order valence-electron chi connectivity index (χ1n) is 15.9. The van der Waals surface area contributed by atoms with Crippen molar-refractivity contribution in [2.45, 2.75) is 97.2 Å². The van der Waals surface area contributed by atoms with Gasteiger partial charge in [-0.05, 0) is 44.4 Å². The Hall–Kier alpha value is -1.73. The Morgan fingerprint density at radius 1 is 0.655 bits per heavy atom. The number of rotatable bonds is 22. The summed E-state index contributed by atoms with van der Waals surface area (Å²) in [5, 5.41) is 30.4. The van der Waals surface area contributed by atoms with Crippen molar-refractivity contribution >= 4 is 75.7 Å². The van der Waals surface area contributed by atoms with Crippen molar-refractivity contribution in [3.63, 3.8) is 0 Å². The third-order valence-corrected chi connectivity index (χ3v) is 8.55. The molecule has 0 aromatic carbocycles. The van der Waals surface area contributed by atoms with Crippen LogP contribution in [0.15, 0.2) is 36.5 Å². The van der Waals surface area contributed by atoms with Gasteiger partial charge in [-0.25, -0.2) is 13.6 Å². The van der Waals surface area contributed by atoms with E-state index in [-0.39, 0.29) is 80.4 Å². The number of halogens is 5. The zero-order valence-electron chi connectivity index (χ0n) is 31.1. The van der Waals surface area contributed by atoms with Crippen molar-refractivity contribution in [2.24, 2.45) is 10.8 Å². The Morgan fingerprint density at radius 3 is 1.18 bits per heavy atom. The van der Waals surface area contributed by atoms with E-state index < -0.39 is 61.5 Å². The normalized spacial score (nSPS) is 13.9. The van der Waals surface area contributed by atoms with Crippen molar-refractivity contribution in [1.82, 2.24) is 10.6 Å². The second-order valence-corrected chi connectivity index (χ2v) is 16.8. The summed E-state index contributed by atoms with van der Waals surface area (Å²) < 4.78 is 41.3. The van der Waals surface area contributed by atoms with E-state index in [0.29, 0.717) is 16.7 Å². The van der Waals surface area contributed by atoms with Crippen molar-refractivity contribution < 1.29 is 76.5 Å². The molecule has 0 saturated carbocycles. The molecule has 0 aromatic heterocycles. The summed E-state index contributed by atoms with van der Waals surface area (Å²) in [6.07, 6.45) is -5.26. The molecular weight excluding hydrogens is 978 g/mol. The van der Waals surface area contributed by atoms with Crippen molar-refractivity contribution in [2.75, 3.05) is 52.7 Å². The molecule has 0 aliphatic rings. The van der Waals surface area contributed by atoms with Gasteiger partial charge in [0.2, 0.25) is 12.3 Å². The summed E-state index contributed by atoms with van der Waals surface area (Å²) in [5.41, 5.74) is -0.378. The summed E-state index contributed by atoms with van der Waals surface area (Å²) in [6, 6.07) is 0. The molecule has 0 rings (SSSR count). The Balaban J connectivity index is -0.000000558. The van der Waals surface area contributed by atoms with Crippen LogP contribution in [0.3, 0.4) is 0 Å². The maximum absolute atomic E-state index is 14.6. The molecule has 0 heterocycles. The third-order valence-electron chi connectivity index (χ3n) is 7.34. The van der Waals surface area contributed by atoms with E-state index in [9.17, 15) is 32.8 Å². The number of hydrogen-bond donors (Lipinski definition) is 5. The third kappa shape index (κ3) is 25.3. The second-order valence-electron chi connectivity index (χ2n) is 13.3. The number of carbonyl (C=O) groups excluding carboxylic acids is 5. The van der Waals surface area contributed by atoms with Gasteiger partial charge in [-0.1, -0.05) is 105 Å². The summed E-state index contributed by atoms with van der Waals surface area (Å²) >= 11 is 13.1. The number of nitrogens with one attached hydrogen (secondary N) is 2. The van der Waals surface area contributed by atoms with E-state index in [0.717, 1.165) is 0 Å². The quantitative estimate of drug-likeness (QED) is 0.0232. The Kier molecular flexibility index (Phi) is 34.5. The standard InChI is InChI=1S/C28H44Br2F2N2O8.C6H10O3.2CH4.BrH.Cu/c1-17(25(3,4)15-27(7,29)23(39)41-11-9-35)13-33-21(37)19(31)20(32)22(38)34-14-18(2)26(5,6)16-28(8,30)24(40)42-12-10-36;1-5(2)6(8)9-4-3-7;;;;/h19-20,35-36H,1-2,9-16H2,3-8H3,(H,33,37)(H,34,38);7H,1,3-4H2,2H3;2*1H4;1H;/q;;;;;+1/p-1. The van der Waals surface area contributed by atoms with Crippen molar-refractivity contribution in [3.8, 4) is 0 Å². The minimum absolute atomic E-state index is 0. The van der Waals surface area contributed by atoms with Crippen LogP contribution in [0.2, 0.25) is 0 Å². The maximum atomic E-state index is 14.6. The molecule has 2 amide bonds. The molecule has 0 saturated heterocycles. The zero-order valence-corrected chi connectivity index (χ0v) is 36.8. The number of aliphatic hydroxyl groups excluding tert-OH is 3. The molecule has 4 unspecified atom stereocenters. The molecule has 13 nitrogen and oxygen atoms in total. The SMILES string of the molecule is C.C.C=C(C)C(=O)OCCO.C=C(CNC(=O)C(F)C(F)C(=O)NCC(=C)C(C)(C)CC(C)(Br)C(=O)OCCO)C(C)(C)CC(C)(Br)C(=O)OCCO.[Cu][Br]. The minimum atomic E-state index is -2.80. The van der Waals surface area contributed by atoms with E-state index in [1.54, 1.807) is 48.5 Å². The molecule has 5 N–H and O–H groups in total. The average molecular weight is 1040 g/mol. The molecule has 4 atom stereocenters. The molecule has 0 radical (unpaired) electrons. The van der Waals surface area contributed by atoms with E-state index in [1.165, 1.54) is 0 Å². The van der Waals surface area contributed by atoms with Gasteiger partial charge in [-0.2, -0.15) is 0 Å². The number of aliphatic hydroxyl groups is 3. The van der Waals surface area contributed by atoms with E-state index >= 15 is 0 Å². The first-order valence-corrected chi connectivity index (χ1v) is 19.8. The van der Waals surface area contributed by atoms with E-state index in [4.69, 9.17) is 24.8 Å². The number of alkyl halides is 4. The van der Waals surface area contributed by atoms with Crippen LogP contribution in [-0.2, 0) is 52.4 Å². The van der Waals surface area contributed by atoms with Gasteiger partial charge in [0, 0.05) is 18.7 Å².